The van der Waals surface area contributed by atoms with Gasteiger partial charge in [0.05, 0.1) is 0 Å². The molecule has 0 bridgehead atoms. The summed E-state index contributed by atoms with van der Waals surface area (Å²) in [6.07, 6.45) is 22.9. The minimum absolute atomic E-state index is 0.823. The molecule has 0 aromatic heterocycles. The van der Waals surface area contributed by atoms with Gasteiger partial charge in [0.2, 0.25) is 0 Å². The van der Waals surface area contributed by atoms with Gasteiger partial charge in [-0.05, 0) is 50.4 Å². The van der Waals surface area contributed by atoms with E-state index in [0.29, 0.717) is 0 Å². The molecular weight excluding hydrogens is 396 g/mol. The van der Waals surface area contributed by atoms with Crippen molar-refractivity contribution in [2.45, 2.75) is 174 Å². The van der Waals surface area contributed by atoms with Crippen molar-refractivity contribution < 1.29 is 0 Å². The summed E-state index contributed by atoms with van der Waals surface area (Å²) >= 11 is 0. The first-order valence-corrected chi connectivity index (χ1v) is 15.2. The first kappa shape index (κ1) is 42.6. The first-order valence-electron chi connectivity index (χ1n) is 15.2. The Bertz CT molecular complexity index is 334. The summed E-state index contributed by atoms with van der Waals surface area (Å²) in [5.41, 5.74) is 1.60. The average molecular weight is 469 g/mol. The normalized spacial score (nSPS) is 13.1. The highest BCUT2D eigenvalue weighted by atomic mass is 14.2. The van der Waals surface area contributed by atoms with Crippen LogP contribution in [0.25, 0.3) is 0 Å². The fourth-order valence-electron chi connectivity index (χ4n) is 2.91. The van der Waals surface area contributed by atoms with E-state index < -0.39 is 0 Å². The minimum atomic E-state index is 0.823. The molecule has 0 spiro atoms. The van der Waals surface area contributed by atoms with E-state index in [4.69, 9.17) is 0 Å². The Balaban J connectivity index is -0.000000200. The second kappa shape index (κ2) is 41.7. The Morgan fingerprint density at radius 1 is 0.667 bits per heavy atom. The van der Waals surface area contributed by atoms with Crippen molar-refractivity contribution in [3.63, 3.8) is 0 Å². The molecule has 0 nitrogen and oxygen atoms in total. The second-order valence-electron chi connectivity index (χ2n) is 9.07. The fourth-order valence-corrected chi connectivity index (χ4v) is 2.91. The second-order valence-corrected chi connectivity index (χ2v) is 9.07. The lowest BCUT2D eigenvalue weighted by atomic mass is 9.87. The standard InChI is InChI=1S/C22H42.C4H10.C3H8.2C2H6/c1-7-10-12-15-20(5)21(6)16-13-11-14-17-22(9-3)18-19(4)8-2;1-3-4-2;1-3-2;2*1-2/h9,11,14,19-21H,7-8,10,12-13,15-18H2,1-6H3;3-4H2,1-2H3;3H2,1-2H3;2*1-2H3/b14-11-,22-9?;;;;/t19?,20-,21-;;;;/m0..../s1. The zero-order valence-corrected chi connectivity index (χ0v) is 26.4. The Kier molecular flexibility index (Phi) is 53.9. The van der Waals surface area contributed by atoms with Crippen LogP contribution >= 0.6 is 0 Å². The third kappa shape index (κ3) is 42.1. The van der Waals surface area contributed by atoms with Crippen LogP contribution in [0.5, 0.6) is 0 Å². The zero-order valence-electron chi connectivity index (χ0n) is 26.4. The van der Waals surface area contributed by atoms with Crippen LogP contribution in [0.4, 0.5) is 0 Å². The maximum Gasteiger partial charge on any atom is -0.0139 e. The molecule has 0 rings (SSSR count). The first-order chi connectivity index (χ1) is 15.9. The van der Waals surface area contributed by atoms with E-state index in [1.165, 1.54) is 70.6 Å². The van der Waals surface area contributed by atoms with Gasteiger partial charge in [0.1, 0.15) is 0 Å². The van der Waals surface area contributed by atoms with Crippen molar-refractivity contribution in [1.29, 1.82) is 0 Å². The maximum absolute atomic E-state index is 2.44. The zero-order chi connectivity index (χ0) is 26.9. The number of unbranched alkanes of at least 4 members (excludes halogenated alkanes) is 3. The molecule has 0 aliphatic carbocycles. The monoisotopic (exact) mass is 469 g/mol. The Labute approximate surface area is 215 Å². The van der Waals surface area contributed by atoms with Crippen molar-refractivity contribution >= 4 is 0 Å². The van der Waals surface area contributed by atoms with Crippen LogP contribution in [0.2, 0.25) is 0 Å². The van der Waals surface area contributed by atoms with Crippen molar-refractivity contribution in [2.75, 3.05) is 0 Å². The van der Waals surface area contributed by atoms with E-state index in [1.54, 1.807) is 5.57 Å². The average Bonchev–Trinajstić information content (AvgIpc) is 2.85. The van der Waals surface area contributed by atoms with Crippen molar-refractivity contribution in [1.82, 2.24) is 0 Å². The highest BCUT2D eigenvalue weighted by Gasteiger charge is 2.10. The van der Waals surface area contributed by atoms with E-state index in [-0.39, 0.29) is 0 Å². The molecule has 0 aromatic rings. The van der Waals surface area contributed by atoms with Crippen molar-refractivity contribution in [3.8, 4) is 0 Å². The smallest absolute Gasteiger partial charge is 0.0139 e. The molecule has 0 saturated heterocycles. The van der Waals surface area contributed by atoms with Crippen molar-refractivity contribution in [3.05, 3.63) is 23.8 Å². The lowest BCUT2D eigenvalue weighted by Crippen LogP contribution is -2.07. The molecule has 0 saturated carbocycles. The van der Waals surface area contributed by atoms with E-state index in [2.05, 4.69) is 87.5 Å². The summed E-state index contributed by atoms with van der Waals surface area (Å²) in [6, 6.07) is 0. The van der Waals surface area contributed by atoms with Gasteiger partial charge in [-0.15, -0.1) is 0 Å². The summed E-state index contributed by atoms with van der Waals surface area (Å²) in [5, 5.41) is 0. The maximum atomic E-state index is 2.44. The van der Waals surface area contributed by atoms with Gasteiger partial charge in [-0.3, -0.25) is 0 Å². The van der Waals surface area contributed by atoms with E-state index in [1.807, 2.05) is 27.7 Å². The predicted molar refractivity (Wildman–Crippen MR) is 163 cm³/mol. The van der Waals surface area contributed by atoms with Crippen LogP contribution < -0.4 is 0 Å². The molecule has 0 aliphatic rings. The third-order valence-corrected chi connectivity index (χ3v) is 5.79. The van der Waals surface area contributed by atoms with Crippen LogP contribution in [0.15, 0.2) is 23.8 Å². The number of hydrogen-bond donors (Lipinski definition) is 0. The van der Waals surface area contributed by atoms with Gasteiger partial charge in [-0.25, -0.2) is 0 Å². The highest BCUT2D eigenvalue weighted by Crippen LogP contribution is 2.23. The largest absolute Gasteiger partial charge is 0.0882 e. The van der Waals surface area contributed by atoms with Crippen LogP contribution in [0.1, 0.15) is 174 Å². The van der Waals surface area contributed by atoms with E-state index in [9.17, 15) is 0 Å². The lowest BCUT2D eigenvalue weighted by molar-refractivity contribution is 0.335. The molecule has 0 fully saturated rings. The van der Waals surface area contributed by atoms with Crippen LogP contribution in [-0.4, -0.2) is 0 Å². The van der Waals surface area contributed by atoms with Gasteiger partial charge in [0, 0.05) is 0 Å². The molecule has 0 heterocycles. The van der Waals surface area contributed by atoms with Gasteiger partial charge < -0.3 is 0 Å². The summed E-state index contributed by atoms with van der Waals surface area (Å²) in [5.74, 6) is 2.57. The Morgan fingerprint density at radius 3 is 1.55 bits per heavy atom. The van der Waals surface area contributed by atoms with Crippen LogP contribution in [0, 0.1) is 17.8 Å². The molecule has 0 aromatic carbocycles. The van der Waals surface area contributed by atoms with E-state index in [0.717, 1.165) is 24.2 Å². The molecule has 0 aliphatic heterocycles. The number of rotatable bonds is 14. The molecule has 1 unspecified atom stereocenters. The molecule has 204 valence electrons. The topological polar surface area (TPSA) is 0 Å². The molecule has 0 radical (unpaired) electrons. The van der Waals surface area contributed by atoms with Gasteiger partial charge in [-0.2, -0.15) is 0 Å². The molecular formula is C33H72. The lowest BCUT2D eigenvalue weighted by Gasteiger charge is -2.19. The third-order valence-electron chi connectivity index (χ3n) is 5.79. The Morgan fingerprint density at radius 2 is 1.15 bits per heavy atom. The SMILES string of the molecule is CC.CC.CC=C(C/C=C\CC[C@H](C)[C@@H](C)CCCCC)CC(C)CC.CCC.CCCC. The van der Waals surface area contributed by atoms with Crippen molar-refractivity contribution in [2.24, 2.45) is 17.8 Å². The summed E-state index contributed by atoms with van der Waals surface area (Å²) in [7, 11) is 0. The van der Waals surface area contributed by atoms with Crippen LogP contribution in [0.3, 0.4) is 0 Å². The van der Waals surface area contributed by atoms with Gasteiger partial charge in [0.15, 0.2) is 0 Å². The predicted octanol–water partition coefficient (Wildman–Crippen LogP) is 13.2. The summed E-state index contributed by atoms with van der Waals surface area (Å²) < 4.78 is 0. The Hall–Kier alpha value is -0.520. The summed E-state index contributed by atoms with van der Waals surface area (Å²) in [6.45, 7) is 30.6. The molecule has 0 amide bonds. The van der Waals surface area contributed by atoms with E-state index >= 15 is 0 Å². The minimum Gasteiger partial charge on any atom is -0.0882 e. The number of allylic oxidation sites excluding steroid dienone is 4. The fraction of sp³-hybridized carbons (Fsp3) is 0.879. The highest BCUT2D eigenvalue weighted by molar-refractivity contribution is 5.07. The quantitative estimate of drug-likeness (QED) is 0.175. The molecule has 0 N–H and O–H groups in total. The summed E-state index contributed by atoms with van der Waals surface area (Å²) in [4.78, 5) is 0. The number of hydrogen-bond acceptors (Lipinski definition) is 0. The molecule has 33 heavy (non-hydrogen) atoms. The van der Waals surface area contributed by atoms with Gasteiger partial charge in [0.25, 0.3) is 0 Å². The molecule has 3 atom stereocenters. The van der Waals surface area contributed by atoms with Gasteiger partial charge >= 0.3 is 0 Å². The van der Waals surface area contributed by atoms with Gasteiger partial charge in [-0.1, -0.05) is 165 Å². The molecule has 0 heteroatoms. The van der Waals surface area contributed by atoms with Crippen LogP contribution in [-0.2, 0) is 0 Å².